The Morgan fingerprint density at radius 2 is 1.76 bits per heavy atom. The maximum absolute atomic E-state index is 6.11. The molecular weight excluding hydrogens is 284 g/mol. The van der Waals surface area contributed by atoms with Gasteiger partial charge in [0, 0.05) is 16.2 Å². The van der Waals surface area contributed by atoms with Gasteiger partial charge in [0.1, 0.15) is 11.3 Å². The quantitative estimate of drug-likeness (QED) is 0.495. The largest absolute Gasteiger partial charge is 0.454 e. The molecule has 4 heteroatoms. The first-order chi connectivity index (χ1) is 10.2. The molecule has 0 bridgehead atoms. The lowest BCUT2D eigenvalue weighted by Gasteiger charge is -2.03. The molecule has 0 N–H and O–H groups in total. The van der Waals surface area contributed by atoms with Gasteiger partial charge in [-0.2, -0.15) is 0 Å². The summed E-state index contributed by atoms with van der Waals surface area (Å²) >= 11 is 6.11. The number of halogens is 1. The van der Waals surface area contributed by atoms with Gasteiger partial charge >= 0.3 is 0 Å². The number of hydrogen-bond donors (Lipinski definition) is 0. The molecule has 2 heterocycles. The number of aryl methyl sites for hydroxylation is 1. The summed E-state index contributed by atoms with van der Waals surface area (Å²) in [5.74, 6) is 0.705. The van der Waals surface area contributed by atoms with Crippen molar-refractivity contribution in [3.05, 3.63) is 59.2 Å². The van der Waals surface area contributed by atoms with Gasteiger partial charge in [-0.25, -0.2) is 0 Å². The first-order valence-corrected chi connectivity index (χ1v) is 7.02. The zero-order valence-electron chi connectivity index (χ0n) is 11.3. The Labute approximate surface area is 126 Å². The fraction of sp³-hybridized carbons (Fsp3) is 0.0588. The fourth-order valence-electron chi connectivity index (χ4n) is 2.53. The Morgan fingerprint density at radius 3 is 2.62 bits per heavy atom. The van der Waals surface area contributed by atoms with Crippen molar-refractivity contribution < 1.29 is 4.42 Å². The van der Waals surface area contributed by atoms with Gasteiger partial charge in [-0.1, -0.05) is 47.5 Å². The molecule has 4 rings (SSSR count). The number of rotatable bonds is 1. The van der Waals surface area contributed by atoms with Gasteiger partial charge in [-0.3, -0.25) is 0 Å². The van der Waals surface area contributed by atoms with E-state index >= 15 is 0 Å². The molecule has 0 spiro atoms. The second-order valence-electron chi connectivity index (χ2n) is 5.04. The SMILES string of the molecule is Cc1ccc2oc(-c3nnc(Cl)c4ccccc34)cc2c1. The molecular formula is C17H11ClN2O. The van der Waals surface area contributed by atoms with E-state index in [0.717, 1.165) is 21.7 Å². The van der Waals surface area contributed by atoms with Crippen LogP contribution in [0.3, 0.4) is 0 Å². The van der Waals surface area contributed by atoms with E-state index in [1.165, 1.54) is 5.56 Å². The van der Waals surface area contributed by atoms with Crippen LogP contribution in [0.15, 0.2) is 52.9 Å². The van der Waals surface area contributed by atoms with Crippen LogP contribution in [0.2, 0.25) is 5.15 Å². The Balaban J connectivity index is 2.02. The van der Waals surface area contributed by atoms with Crippen LogP contribution in [0.5, 0.6) is 0 Å². The summed E-state index contributed by atoms with van der Waals surface area (Å²) in [7, 11) is 0. The first kappa shape index (κ1) is 12.4. The van der Waals surface area contributed by atoms with Gasteiger partial charge in [-0.05, 0) is 25.1 Å². The van der Waals surface area contributed by atoms with Crippen LogP contribution in [0.1, 0.15) is 5.56 Å². The van der Waals surface area contributed by atoms with Crippen LogP contribution in [0.25, 0.3) is 33.2 Å². The molecule has 0 atom stereocenters. The summed E-state index contributed by atoms with van der Waals surface area (Å²) in [6, 6.07) is 15.9. The van der Waals surface area contributed by atoms with E-state index in [1.54, 1.807) is 0 Å². The maximum Gasteiger partial charge on any atom is 0.159 e. The average Bonchev–Trinajstić information content (AvgIpc) is 2.90. The van der Waals surface area contributed by atoms with Crippen molar-refractivity contribution in [1.29, 1.82) is 0 Å². The Bertz CT molecular complexity index is 975. The van der Waals surface area contributed by atoms with Crippen molar-refractivity contribution in [2.45, 2.75) is 6.92 Å². The third kappa shape index (κ3) is 1.98. The van der Waals surface area contributed by atoms with Crippen molar-refractivity contribution in [1.82, 2.24) is 10.2 Å². The van der Waals surface area contributed by atoms with Crippen LogP contribution < -0.4 is 0 Å². The molecule has 0 unspecified atom stereocenters. The molecule has 21 heavy (non-hydrogen) atoms. The first-order valence-electron chi connectivity index (χ1n) is 6.64. The molecule has 3 nitrogen and oxygen atoms in total. The molecule has 0 fully saturated rings. The number of nitrogens with zero attached hydrogens (tertiary/aromatic N) is 2. The highest BCUT2D eigenvalue weighted by atomic mass is 35.5. The minimum Gasteiger partial charge on any atom is -0.454 e. The number of benzene rings is 2. The molecule has 102 valence electrons. The predicted octanol–water partition coefficient (Wildman–Crippen LogP) is 5.00. The van der Waals surface area contributed by atoms with Crippen molar-refractivity contribution in [2.75, 3.05) is 0 Å². The van der Waals surface area contributed by atoms with E-state index in [1.807, 2.05) is 42.5 Å². The van der Waals surface area contributed by atoms with Gasteiger partial charge in [0.15, 0.2) is 10.9 Å². The van der Waals surface area contributed by atoms with E-state index in [9.17, 15) is 0 Å². The van der Waals surface area contributed by atoms with E-state index in [-0.39, 0.29) is 0 Å². The van der Waals surface area contributed by atoms with E-state index in [4.69, 9.17) is 16.0 Å². The van der Waals surface area contributed by atoms with Crippen molar-refractivity contribution in [2.24, 2.45) is 0 Å². The lowest BCUT2D eigenvalue weighted by molar-refractivity contribution is 0.628. The molecule has 0 saturated heterocycles. The van der Waals surface area contributed by atoms with Gasteiger partial charge in [0.2, 0.25) is 0 Å². The van der Waals surface area contributed by atoms with Crippen LogP contribution in [0.4, 0.5) is 0 Å². The number of fused-ring (bicyclic) bond motifs is 2. The molecule has 4 aromatic rings. The van der Waals surface area contributed by atoms with Crippen molar-refractivity contribution >= 4 is 33.3 Å². The summed E-state index contributed by atoms with van der Waals surface area (Å²) in [4.78, 5) is 0. The van der Waals surface area contributed by atoms with Crippen LogP contribution in [-0.2, 0) is 0 Å². The molecule has 2 aromatic carbocycles. The highest BCUT2D eigenvalue weighted by Crippen LogP contribution is 2.33. The molecule has 2 aromatic heterocycles. The third-order valence-electron chi connectivity index (χ3n) is 3.55. The van der Waals surface area contributed by atoms with Crippen molar-refractivity contribution in [3.63, 3.8) is 0 Å². The second kappa shape index (κ2) is 4.57. The fourth-order valence-corrected chi connectivity index (χ4v) is 2.74. The highest BCUT2D eigenvalue weighted by molar-refractivity contribution is 6.34. The standard InChI is InChI=1S/C17H11ClN2O/c1-10-6-7-14-11(8-10)9-15(21-14)16-12-4-2-3-5-13(12)17(18)20-19-16/h2-9H,1H3. The molecule has 0 aliphatic rings. The van der Waals surface area contributed by atoms with Gasteiger partial charge in [-0.15, -0.1) is 10.2 Å². The van der Waals surface area contributed by atoms with Gasteiger partial charge in [0.25, 0.3) is 0 Å². The predicted molar refractivity (Wildman–Crippen MR) is 84.5 cm³/mol. The third-order valence-corrected chi connectivity index (χ3v) is 3.83. The lowest BCUT2D eigenvalue weighted by atomic mass is 10.1. The Hall–Kier alpha value is -2.39. The summed E-state index contributed by atoms with van der Waals surface area (Å²) in [5, 5.41) is 11.5. The molecule has 0 aliphatic carbocycles. The zero-order valence-corrected chi connectivity index (χ0v) is 12.1. The minimum atomic E-state index is 0.404. The summed E-state index contributed by atoms with van der Waals surface area (Å²) in [6.45, 7) is 2.06. The normalized spacial score (nSPS) is 11.3. The van der Waals surface area contributed by atoms with Crippen molar-refractivity contribution in [3.8, 4) is 11.5 Å². The smallest absolute Gasteiger partial charge is 0.159 e. The van der Waals surface area contributed by atoms with Gasteiger partial charge in [0.05, 0.1) is 0 Å². The van der Waals surface area contributed by atoms with Gasteiger partial charge < -0.3 is 4.42 Å². The molecule has 0 saturated carbocycles. The zero-order chi connectivity index (χ0) is 14.4. The van der Waals surface area contributed by atoms with Crippen LogP contribution in [-0.4, -0.2) is 10.2 Å². The average molecular weight is 295 g/mol. The molecule has 0 radical (unpaired) electrons. The number of hydrogen-bond acceptors (Lipinski definition) is 3. The Kier molecular flexibility index (Phi) is 2.69. The van der Waals surface area contributed by atoms with E-state index in [0.29, 0.717) is 16.6 Å². The number of furan rings is 1. The lowest BCUT2D eigenvalue weighted by Crippen LogP contribution is -1.90. The van der Waals surface area contributed by atoms with E-state index in [2.05, 4.69) is 23.2 Å². The molecule has 0 aliphatic heterocycles. The minimum absolute atomic E-state index is 0.404. The number of aromatic nitrogens is 2. The second-order valence-corrected chi connectivity index (χ2v) is 5.39. The van der Waals surface area contributed by atoms with E-state index < -0.39 is 0 Å². The highest BCUT2D eigenvalue weighted by Gasteiger charge is 2.13. The maximum atomic E-state index is 6.11. The van der Waals surface area contributed by atoms with Crippen LogP contribution >= 0.6 is 11.6 Å². The summed E-state index contributed by atoms with van der Waals surface area (Å²) in [6.07, 6.45) is 0. The topological polar surface area (TPSA) is 38.9 Å². The monoisotopic (exact) mass is 294 g/mol. The summed E-state index contributed by atoms with van der Waals surface area (Å²) < 4.78 is 5.91. The summed E-state index contributed by atoms with van der Waals surface area (Å²) in [5.41, 5.74) is 2.75. The molecule has 0 amide bonds. The van der Waals surface area contributed by atoms with Crippen LogP contribution in [0, 0.1) is 6.92 Å². The Morgan fingerprint density at radius 1 is 0.952 bits per heavy atom.